The van der Waals surface area contributed by atoms with Gasteiger partial charge in [-0.3, -0.25) is 4.79 Å². The van der Waals surface area contributed by atoms with E-state index in [0.717, 1.165) is 33.8 Å². The maximum absolute atomic E-state index is 11.0. The molecule has 1 amide bonds. The molecule has 25 heavy (non-hydrogen) atoms. The van der Waals surface area contributed by atoms with E-state index in [1.165, 1.54) is 6.92 Å². The molecule has 0 aliphatic heterocycles. The van der Waals surface area contributed by atoms with E-state index in [2.05, 4.69) is 10.5 Å². The van der Waals surface area contributed by atoms with Gasteiger partial charge >= 0.3 is 0 Å². The Labute approximate surface area is 148 Å². The highest BCUT2D eigenvalue weighted by atomic mass is 16.6. The second-order valence-corrected chi connectivity index (χ2v) is 5.84. The van der Waals surface area contributed by atoms with Crippen LogP contribution in [0.2, 0.25) is 0 Å². The molecule has 0 atom stereocenters. The zero-order valence-corrected chi connectivity index (χ0v) is 15.1. The number of carbonyl (C=O) groups is 1. The second-order valence-electron chi connectivity index (χ2n) is 5.84. The van der Waals surface area contributed by atoms with Crippen molar-refractivity contribution in [1.82, 2.24) is 0 Å². The van der Waals surface area contributed by atoms with Gasteiger partial charge in [0, 0.05) is 12.6 Å². The number of anilines is 1. The van der Waals surface area contributed by atoms with E-state index >= 15 is 0 Å². The molecule has 0 aliphatic rings. The van der Waals surface area contributed by atoms with E-state index in [1.807, 2.05) is 63.2 Å². The van der Waals surface area contributed by atoms with Crippen molar-refractivity contribution >= 4 is 17.3 Å². The van der Waals surface area contributed by atoms with Crippen LogP contribution in [0.15, 0.2) is 47.6 Å². The summed E-state index contributed by atoms with van der Waals surface area (Å²) < 4.78 is 5.77. The number of ether oxygens (including phenoxy) is 1. The summed E-state index contributed by atoms with van der Waals surface area (Å²) in [6.07, 6.45) is 0. The third-order valence-corrected chi connectivity index (χ3v) is 3.65. The predicted octanol–water partition coefficient (Wildman–Crippen LogP) is 4.08. The molecule has 2 rings (SSSR count). The van der Waals surface area contributed by atoms with Crippen LogP contribution in [-0.2, 0) is 9.63 Å². The lowest BCUT2D eigenvalue weighted by Crippen LogP contribution is -2.07. The third-order valence-electron chi connectivity index (χ3n) is 3.65. The maximum Gasteiger partial charge on any atom is 0.221 e. The molecule has 0 saturated heterocycles. The van der Waals surface area contributed by atoms with Gasteiger partial charge in [-0.15, -0.1) is 0 Å². The number of oxime groups is 1. The lowest BCUT2D eigenvalue weighted by atomic mass is 10.1. The second kappa shape index (κ2) is 8.87. The van der Waals surface area contributed by atoms with Gasteiger partial charge < -0.3 is 14.9 Å². The number of para-hydroxylation sites is 1. The van der Waals surface area contributed by atoms with Crippen LogP contribution in [-0.4, -0.2) is 24.8 Å². The smallest absolute Gasteiger partial charge is 0.221 e. The van der Waals surface area contributed by atoms with Crippen LogP contribution in [0.25, 0.3) is 0 Å². The molecule has 132 valence electrons. The Morgan fingerprint density at radius 1 is 1.00 bits per heavy atom. The molecule has 1 N–H and O–H groups in total. The summed E-state index contributed by atoms with van der Waals surface area (Å²) in [6, 6.07) is 13.5. The normalized spacial score (nSPS) is 11.1. The summed E-state index contributed by atoms with van der Waals surface area (Å²) >= 11 is 0. The van der Waals surface area contributed by atoms with E-state index in [0.29, 0.717) is 13.2 Å². The minimum Gasteiger partial charge on any atom is -0.489 e. The lowest BCUT2D eigenvalue weighted by molar-refractivity contribution is -0.114. The van der Waals surface area contributed by atoms with Crippen molar-refractivity contribution in [2.75, 3.05) is 18.5 Å². The Bertz CT molecular complexity index is 732. The average Bonchev–Trinajstić information content (AvgIpc) is 2.57. The Hall–Kier alpha value is -2.82. The molecular weight excluding hydrogens is 316 g/mol. The van der Waals surface area contributed by atoms with Gasteiger partial charge in [0.1, 0.15) is 12.4 Å². The predicted molar refractivity (Wildman–Crippen MR) is 100 cm³/mol. The van der Waals surface area contributed by atoms with E-state index in [9.17, 15) is 4.79 Å². The van der Waals surface area contributed by atoms with Crippen molar-refractivity contribution in [3.63, 3.8) is 0 Å². The Balaban J connectivity index is 1.82. The Morgan fingerprint density at radius 3 is 2.24 bits per heavy atom. The molecule has 2 aromatic rings. The van der Waals surface area contributed by atoms with Crippen LogP contribution in [0.3, 0.4) is 0 Å². The first kappa shape index (κ1) is 18.5. The summed E-state index contributed by atoms with van der Waals surface area (Å²) in [7, 11) is 0. The van der Waals surface area contributed by atoms with Gasteiger partial charge in [0.25, 0.3) is 0 Å². The largest absolute Gasteiger partial charge is 0.489 e. The monoisotopic (exact) mass is 340 g/mol. The molecule has 0 unspecified atom stereocenters. The van der Waals surface area contributed by atoms with Crippen molar-refractivity contribution < 1.29 is 14.4 Å². The highest BCUT2D eigenvalue weighted by Crippen LogP contribution is 2.22. The number of rotatable bonds is 7. The minimum absolute atomic E-state index is 0.0923. The van der Waals surface area contributed by atoms with Gasteiger partial charge in [-0.25, -0.2) is 0 Å². The number of carbonyl (C=O) groups excluding carboxylic acids is 1. The van der Waals surface area contributed by atoms with Gasteiger partial charge in [0.2, 0.25) is 5.91 Å². The molecular formula is C20H24N2O3. The van der Waals surface area contributed by atoms with Crippen molar-refractivity contribution in [2.45, 2.75) is 27.7 Å². The van der Waals surface area contributed by atoms with E-state index < -0.39 is 0 Å². The van der Waals surface area contributed by atoms with Crippen molar-refractivity contribution in [2.24, 2.45) is 5.16 Å². The number of benzene rings is 2. The van der Waals surface area contributed by atoms with Crippen LogP contribution in [0.4, 0.5) is 5.69 Å². The van der Waals surface area contributed by atoms with Crippen LogP contribution < -0.4 is 10.1 Å². The fourth-order valence-electron chi connectivity index (χ4n) is 2.40. The van der Waals surface area contributed by atoms with Crippen molar-refractivity contribution in [3.05, 3.63) is 59.2 Å². The number of hydrogen-bond donors (Lipinski definition) is 1. The lowest BCUT2D eigenvalue weighted by Gasteiger charge is -2.11. The third kappa shape index (κ3) is 5.64. The molecule has 0 aliphatic carbocycles. The summed E-state index contributed by atoms with van der Waals surface area (Å²) in [5.74, 6) is 0.811. The first-order valence-electron chi connectivity index (χ1n) is 8.21. The summed E-state index contributed by atoms with van der Waals surface area (Å²) in [5, 5.41) is 6.84. The zero-order chi connectivity index (χ0) is 18.2. The van der Waals surface area contributed by atoms with Crippen molar-refractivity contribution in [1.29, 1.82) is 0 Å². The SMILES string of the molecule is CC(=O)Nc1ccc(/C(C)=N/OCCOc2c(C)cccc2C)cc1. The summed E-state index contributed by atoms with van der Waals surface area (Å²) in [6.45, 7) is 8.21. The van der Waals surface area contributed by atoms with Crippen LogP contribution in [0.5, 0.6) is 5.75 Å². The molecule has 2 aromatic carbocycles. The zero-order valence-electron chi connectivity index (χ0n) is 15.1. The maximum atomic E-state index is 11.0. The molecule has 5 heteroatoms. The van der Waals surface area contributed by atoms with Crippen LogP contribution in [0, 0.1) is 13.8 Å². The molecule has 0 aromatic heterocycles. The molecule has 0 fully saturated rings. The van der Waals surface area contributed by atoms with Gasteiger partial charge in [-0.05, 0) is 49.6 Å². The van der Waals surface area contributed by atoms with Crippen LogP contribution >= 0.6 is 0 Å². The highest BCUT2D eigenvalue weighted by Gasteiger charge is 2.03. The molecule has 0 spiro atoms. The van der Waals surface area contributed by atoms with Gasteiger partial charge in [-0.1, -0.05) is 35.5 Å². The molecule has 0 bridgehead atoms. The van der Waals surface area contributed by atoms with Crippen molar-refractivity contribution in [3.8, 4) is 5.75 Å². The van der Waals surface area contributed by atoms with E-state index in [4.69, 9.17) is 9.57 Å². The topological polar surface area (TPSA) is 59.9 Å². The fraction of sp³-hybridized carbons (Fsp3) is 0.300. The van der Waals surface area contributed by atoms with Crippen LogP contribution in [0.1, 0.15) is 30.5 Å². The Morgan fingerprint density at radius 2 is 1.64 bits per heavy atom. The minimum atomic E-state index is -0.0923. The first-order chi connectivity index (χ1) is 12.0. The summed E-state index contributed by atoms with van der Waals surface area (Å²) in [5.41, 5.74) is 4.68. The Kier molecular flexibility index (Phi) is 6.57. The quantitative estimate of drug-likeness (QED) is 0.469. The highest BCUT2D eigenvalue weighted by molar-refractivity contribution is 5.99. The van der Waals surface area contributed by atoms with Gasteiger partial charge in [-0.2, -0.15) is 0 Å². The summed E-state index contributed by atoms with van der Waals surface area (Å²) in [4.78, 5) is 16.4. The van der Waals surface area contributed by atoms with Gasteiger partial charge in [0.05, 0.1) is 5.71 Å². The average molecular weight is 340 g/mol. The molecule has 5 nitrogen and oxygen atoms in total. The fourth-order valence-corrected chi connectivity index (χ4v) is 2.40. The number of nitrogens with one attached hydrogen (secondary N) is 1. The molecule has 0 radical (unpaired) electrons. The molecule has 0 saturated carbocycles. The first-order valence-corrected chi connectivity index (χ1v) is 8.21. The number of hydrogen-bond acceptors (Lipinski definition) is 4. The standard InChI is InChI=1S/C20H24N2O3/c1-14-6-5-7-15(2)20(14)24-12-13-25-22-16(3)18-8-10-19(11-9-18)21-17(4)23/h5-11H,12-13H2,1-4H3,(H,21,23)/b22-16+. The molecule has 0 heterocycles. The van der Waals surface area contributed by atoms with Gasteiger partial charge in [0.15, 0.2) is 6.61 Å². The number of aryl methyl sites for hydroxylation is 2. The van der Waals surface area contributed by atoms with E-state index in [-0.39, 0.29) is 5.91 Å². The van der Waals surface area contributed by atoms with E-state index in [1.54, 1.807) is 0 Å². The number of nitrogens with zero attached hydrogens (tertiary/aromatic N) is 1. The number of amides is 1.